The Morgan fingerprint density at radius 1 is 0.673 bits per heavy atom. The molecular weight excluding hydrogens is 652 g/mol. The number of aryl methyl sites for hydroxylation is 2. The molecule has 6 heteroatoms. The molecule has 1 amide bonds. The highest BCUT2D eigenvalue weighted by atomic mass is 31.1. The van der Waals surface area contributed by atoms with Crippen molar-refractivity contribution in [1.29, 1.82) is 0 Å². The van der Waals surface area contributed by atoms with Crippen molar-refractivity contribution in [2.75, 3.05) is 12.7 Å². The van der Waals surface area contributed by atoms with Gasteiger partial charge in [0.05, 0.1) is 5.70 Å². The number of nitrogens with one attached hydrogen (secondary N) is 1. The Hall–Kier alpha value is -5.51. The molecule has 0 unspecified atom stereocenters. The van der Waals surface area contributed by atoms with Crippen LogP contribution < -0.4 is 26.9 Å². The molecule has 1 N–H and O–H groups in total. The standard InChI is InChI=1S/C46H43BN3OP/c1-33-31-35(3)49-44(33)43(45-34(2)32-36(4)50(45)47(39-17-9-5-10-18-39)40-19-11-6-12-20-40)37-25-27-38(28-26-37)46(51)48-29-30-52(41-21-13-7-14-22-41)42-23-15-8-16-24-42/h5-28,31-32H,29-30H2,1-4H3,(H,48,51)/b44-43-. The number of aliphatic imine (C=N–C) groups is 1. The molecule has 0 fully saturated rings. The van der Waals surface area contributed by atoms with Crippen molar-refractivity contribution < 1.29 is 4.79 Å². The van der Waals surface area contributed by atoms with Crippen LogP contribution in [0.15, 0.2) is 174 Å². The van der Waals surface area contributed by atoms with Gasteiger partial charge in [0, 0.05) is 34.8 Å². The van der Waals surface area contributed by atoms with E-state index in [0.29, 0.717) is 12.1 Å². The second kappa shape index (κ2) is 15.8. The Morgan fingerprint density at radius 3 is 1.67 bits per heavy atom. The summed E-state index contributed by atoms with van der Waals surface area (Å²) in [6, 6.07) is 53.0. The number of allylic oxidation sites excluding steroid dienone is 2. The van der Waals surface area contributed by atoms with E-state index in [0.717, 1.165) is 40.0 Å². The van der Waals surface area contributed by atoms with Gasteiger partial charge in [-0.05, 0) is 93.4 Å². The molecule has 0 spiro atoms. The minimum absolute atomic E-state index is 0.0419. The number of nitrogens with zero attached hydrogens (tertiary/aromatic N) is 2. The van der Waals surface area contributed by atoms with E-state index in [1.54, 1.807) is 0 Å². The maximum absolute atomic E-state index is 13.6. The minimum atomic E-state index is -0.588. The van der Waals surface area contributed by atoms with Gasteiger partial charge in [-0.1, -0.05) is 144 Å². The molecule has 0 radical (unpaired) electrons. The van der Waals surface area contributed by atoms with E-state index in [1.165, 1.54) is 32.8 Å². The second-order valence-electron chi connectivity index (χ2n) is 13.4. The van der Waals surface area contributed by atoms with Gasteiger partial charge in [0.25, 0.3) is 5.91 Å². The molecular formula is C46H43BN3OP. The van der Waals surface area contributed by atoms with Crippen molar-refractivity contribution in [2.24, 2.45) is 4.99 Å². The summed E-state index contributed by atoms with van der Waals surface area (Å²) in [4.78, 5) is 18.7. The number of hydrogen-bond acceptors (Lipinski definition) is 2. The molecule has 0 atom stereocenters. The molecule has 4 nitrogen and oxygen atoms in total. The Morgan fingerprint density at radius 2 is 1.17 bits per heavy atom. The van der Waals surface area contributed by atoms with Crippen LogP contribution >= 0.6 is 7.92 Å². The fourth-order valence-electron chi connectivity index (χ4n) is 7.34. The quantitative estimate of drug-likeness (QED) is 0.109. The highest BCUT2D eigenvalue weighted by Gasteiger charge is 2.30. The summed E-state index contributed by atoms with van der Waals surface area (Å²) in [5.41, 5.74) is 11.7. The molecule has 5 aromatic carbocycles. The van der Waals surface area contributed by atoms with E-state index in [2.05, 4.69) is 183 Å². The highest BCUT2D eigenvalue weighted by Crippen LogP contribution is 2.37. The van der Waals surface area contributed by atoms with Gasteiger partial charge in [-0.2, -0.15) is 0 Å². The van der Waals surface area contributed by atoms with Crippen molar-refractivity contribution in [2.45, 2.75) is 27.7 Å². The average Bonchev–Trinajstić information content (AvgIpc) is 3.67. The third-order valence-corrected chi connectivity index (χ3v) is 12.2. The number of carbonyl (C=O) groups excluding carboxylic acids is 1. The normalized spacial score (nSPS) is 13.5. The third-order valence-electron chi connectivity index (χ3n) is 9.66. The zero-order valence-electron chi connectivity index (χ0n) is 30.3. The number of rotatable bonds is 11. The van der Waals surface area contributed by atoms with Gasteiger partial charge in [0.1, 0.15) is 0 Å². The molecule has 1 aliphatic rings. The zero-order chi connectivity index (χ0) is 36.0. The van der Waals surface area contributed by atoms with E-state index >= 15 is 0 Å². The minimum Gasteiger partial charge on any atom is -0.380 e. The lowest BCUT2D eigenvalue weighted by Gasteiger charge is -2.24. The first kappa shape index (κ1) is 34.9. The summed E-state index contributed by atoms with van der Waals surface area (Å²) in [6.45, 7) is 9.13. The summed E-state index contributed by atoms with van der Waals surface area (Å²) < 4.78 is 2.47. The number of carbonyl (C=O) groups is 1. The van der Waals surface area contributed by atoms with Crippen LogP contribution in [0.25, 0.3) is 5.57 Å². The van der Waals surface area contributed by atoms with E-state index in [1.807, 2.05) is 12.1 Å². The molecule has 0 aliphatic carbocycles. The van der Waals surface area contributed by atoms with Crippen LogP contribution in [-0.2, 0) is 0 Å². The largest absolute Gasteiger partial charge is 0.380 e. The van der Waals surface area contributed by atoms with Gasteiger partial charge < -0.3 is 9.79 Å². The van der Waals surface area contributed by atoms with E-state index < -0.39 is 7.92 Å². The van der Waals surface area contributed by atoms with Crippen LogP contribution in [0.1, 0.15) is 46.7 Å². The maximum Gasteiger partial charge on any atom is 0.327 e. The van der Waals surface area contributed by atoms with Crippen LogP contribution in [0.2, 0.25) is 0 Å². The van der Waals surface area contributed by atoms with E-state index in [-0.39, 0.29) is 12.8 Å². The van der Waals surface area contributed by atoms with Crippen molar-refractivity contribution >= 4 is 53.5 Å². The Labute approximate surface area is 309 Å². The van der Waals surface area contributed by atoms with Crippen molar-refractivity contribution in [3.8, 4) is 0 Å². The Balaban J connectivity index is 1.22. The molecule has 2 heterocycles. The Kier molecular flexibility index (Phi) is 10.6. The number of aromatic nitrogens is 1. The topological polar surface area (TPSA) is 46.4 Å². The lowest BCUT2D eigenvalue weighted by molar-refractivity contribution is 0.0956. The van der Waals surface area contributed by atoms with Gasteiger partial charge in [-0.3, -0.25) is 9.79 Å². The molecule has 0 bridgehead atoms. The predicted octanol–water partition coefficient (Wildman–Crippen LogP) is 7.80. The first-order valence-electron chi connectivity index (χ1n) is 17.9. The van der Waals surface area contributed by atoms with Gasteiger partial charge in [-0.25, -0.2) is 0 Å². The van der Waals surface area contributed by atoms with Crippen molar-refractivity contribution in [3.05, 3.63) is 197 Å². The molecule has 52 heavy (non-hydrogen) atoms. The molecule has 1 aliphatic heterocycles. The van der Waals surface area contributed by atoms with Gasteiger partial charge in [0.15, 0.2) is 0 Å². The van der Waals surface area contributed by atoms with Gasteiger partial charge in [-0.15, -0.1) is 0 Å². The SMILES string of the molecule is CC1=CC(C)=N/C1=C(/c1ccc(C(=O)NCCP(c2ccccc2)c2ccccc2)cc1)c1c(C)cc(C)n1B(c1ccccc1)c1ccccc1. The zero-order valence-corrected chi connectivity index (χ0v) is 31.1. The van der Waals surface area contributed by atoms with Crippen LogP contribution in [0.3, 0.4) is 0 Å². The highest BCUT2D eigenvalue weighted by molar-refractivity contribution is 7.73. The lowest BCUT2D eigenvalue weighted by Crippen LogP contribution is -2.49. The number of amides is 1. The molecule has 1 aromatic heterocycles. The van der Waals surface area contributed by atoms with Gasteiger partial charge in [0.2, 0.25) is 0 Å². The summed E-state index contributed by atoms with van der Waals surface area (Å²) in [5.74, 6) is -0.0637. The molecule has 7 rings (SSSR count). The molecule has 256 valence electrons. The van der Waals surface area contributed by atoms with Crippen LogP contribution in [0.4, 0.5) is 0 Å². The summed E-state index contributed by atoms with van der Waals surface area (Å²) in [6.07, 6.45) is 3.02. The average molecular weight is 696 g/mol. The van der Waals surface area contributed by atoms with Crippen molar-refractivity contribution in [1.82, 2.24) is 9.79 Å². The molecule has 0 saturated heterocycles. The van der Waals surface area contributed by atoms with Crippen LogP contribution in [-0.4, -0.2) is 35.7 Å². The first-order chi connectivity index (χ1) is 25.4. The van der Waals surface area contributed by atoms with Crippen LogP contribution in [0.5, 0.6) is 0 Å². The fraction of sp³-hybridized carbons (Fsp3) is 0.130. The van der Waals surface area contributed by atoms with E-state index in [4.69, 9.17) is 4.99 Å². The van der Waals surface area contributed by atoms with E-state index in [9.17, 15) is 4.79 Å². The molecule has 0 saturated carbocycles. The number of benzene rings is 5. The molecule has 6 aromatic rings. The number of hydrogen-bond donors (Lipinski definition) is 1. The third kappa shape index (κ3) is 7.42. The summed E-state index contributed by atoms with van der Waals surface area (Å²) in [5, 5.41) is 5.85. The lowest BCUT2D eigenvalue weighted by atomic mass is 9.50. The smallest absolute Gasteiger partial charge is 0.327 e. The first-order valence-corrected chi connectivity index (χ1v) is 19.4. The second-order valence-corrected chi connectivity index (χ2v) is 15.7. The van der Waals surface area contributed by atoms with Gasteiger partial charge >= 0.3 is 6.85 Å². The Bertz CT molecular complexity index is 2180. The predicted molar refractivity (Wildman–Crippen MR) is 223 cm³/mol. The fourth-order valence-corrected chi connectivity index (χ4v) is 9.56. The monoisotopic (exact) mass is 695 g/mol. The van der Waals surface area contributed by atoms with Crippen molar-refractivity contribution in [3.63, 3.8) is 0 Å². The summed E-state index contributed by atoms with van der Waals surface area (Å²) >= 11 is 0. The summed E-state index contributed by atoms with van der Waals surface area (Å²) in [7, 11) is -0.588. The maximum atomic E-state index is 13.6. The van der Waals surface area contributed by atoms with Crippen LogP contribution in [0, 0.1) is 13.8 Å².